The van der Waals surface area contributed by atoms with E-state index in [0.717, 1.165) is 29.2 Å². The third-order valence-electron chi connectivity index (χ3n) is 5.29. The van der Waals surface area contributed by atoms with E-state index in [4.69, 9.17) is 4.74 Å². The summed E-state index contributed by atoms with van der Waals surface area (Å²) < 4.78 is 8.11. The van der Waals surface area contributed by atoms with E-state index < -0.39 is 0 Å². The number of hydrogen-bond donors (Lipinski definition) is 1. The third-order valence-corrected chi connectivity index (χ3v) is 6.26. The number of aromatic nitrogens is 3. The number of carbonyl (C=O) groups is 1. The topological polar surface area (TPSA) is 69.0 Å². The zero-order valence-electron chi connectivity index (χ0n) is 19.5. The fourth-order valence-electron chi connectivity index (χ4n) is 3.46. The van der Waals surface area contributed by atoms with Crippen molar-refractivity contribution in [1.82, 2.24) is 14.8 Å². The summed E-state index contributed by atoms with van der Waals surface area (Å²) in [4.78, 5) is 12.5. The Bertz CT molecular complexity index is 1030. The fourth-order valence-corrected chi connectivity index (χ4v) is 4.27. The highest BCUT2D eigenvalue weighted by molar-refractivity contribution is 7.99. The van der Waals surface area contributed by atoms with Gasteiger partial charge in [0.05, 0.1) is 5.75 Å². The number of anilines is 1. The van der Waals surface area contributed by atoms with Crippen LogP contribution < -0.4 is 10.1 Å². The maximum absolute atomic E-state index is 12.5. The molecular weight excluding hydrogens is 420 g/mol. The lowest BCUT2D eigenvalue weighted by molar-refractivity contribution is -0.113. The highest BCUT2D eigenvalue weighted by atomic mass is 32.2. The van der Waals surface area contributed by atoms with Crippen LogP contribution in [0.2, 0.25) is 0 Å². The van der Waals surface area contributed by atoms with Gasteiger partial charge in [-0.05, 0) is 55.5 Å². The summed E-state index contributed by atoms with van der Waals surface area (Å²) in [6, 6.07) is 16.0. The van der Waals surface area contributed by atoms with E-state index >= 15 is 0 Å². The average molecular weight is 453 g/mol. The van der Waals surface area contributed by atoms with Crippen molar-refractivity contribution in [3.8, 4) is 5.75 Å². The summed E-state index contributed by atoms with van der Waals surface area (Å²) >= 11 is 1.38. The van der Waals surface area contributed by atoms with Crippen LogP contribution in [0.1, 0.15) is 63.6 Å². The number of amides is 1. The van der Waals surface area contributed by atoms with Crippen LogP contribution in [-0.2, 0) is 17.8 Å². The summed E-state index contributed by atoms with van der Waals surface area (Å²) in [7, 11) is 0. The van der Waals surface area contributed by atoms with Gasteiger partial charge in [0, 0.05) is 12.2 Å². The monoisotopic (exact) mass is 452 g/mol. The summed E-state index contributed by atoms with van der Waals surface area (Å²) in [5.41, 5.74) is 3.27. The van der Waals surface area contributed by atoms with Crippen LogP contribution >= 0.6 is 11.8 Å². The summed E-state index contributed by atoms with van der Waals surface area (Å²) in [5, 5.41) is 12.4. The highest BCUT2D eigenvalue weighted by Crippen LogP contribution is 2.26. The first-order chi connectivity index (χ1) is 15.4. The van der Waals surface area contributed by atoms with Crippen LogP contribution in [0.5, 0.6) is 5.75 Å². The molecule has 3 rings (SSSR count). The minimum atomic E-state index is -0.257. The predicted molar refractivity (Wildman–Crippen MR) is 130 cm³/mol. The van der Waals surface area contributed by atoms with Crippen molar-refractivity contribution >= 4 is 23.4 Å². The van der Waals surface area contributed by atoms with Gasteiger partial charge in [0.15, 0.2) is 17.1 Å². The number of aryl methyl sites for hydroxylation is 1. The zero-order chi connectivity index (χ0) is 23.1. The highest BCUT2D eigenvalue weighted by Gasteiger charge is 2.19. The molecule has 6 nitrogen and oxygen atoms in total. The van der Waals surface area contributed by atoms with Gasteiger partial charge in [-0.3, -0.25) is 4.79 Å². The van der Waals surface area contributed by atoms with E-state index in [0.29, 0.717) is 17.6 Å². The van der Waals surface area contributed by atoms with Gasteiger partial charge in [-0.1, -0.05) is 62.9 Å². The number of carbonyl (C=O) groups excluding carboxylic acids is 1. The fraction of sp³-hybridized carbons (Fsp3) is 0.400. The Morgan fingerprint density at radius 3 is 2.44 bits per heavy atom. The SMILES string of the molecule is CCc1ccccc1NC(=O)CSc1nnc(C(C)Oc2ccc(C(C)C)cc2)n1CC. The van der Waals surface area contributed by atoms with E-state index in [1.54, 1.807) is 0 Å². The first kappa shape index (κ1) is 23.9. The summed E-state index contributed by atoms with van der Waals surface area (Å²) in [6.45, 7) is 11.1. The molecule has 0 aliphatic rings. The predicted octanol–water partition coefficient (Wildman–Crippen LogP) is 5.85. The Hall–Kier alpha value is -2.80. The lowest BCUT2D eigenvalue weighted by atomic mass is 10.0. The van der Waals surface area contributed by atoms with Crippen LogP contribution in [0, 0.1) is 0 Å². The first-order valence-electron chi connectivity index (χ1n) is 11.1. The van der Waals surface area contributed by atoms with Crippen LogP contribution in [0.3, 0.4) is 0 Å². The molecule has 0 saturated heterocycles. The Kier molecular flexibility index (Phi) is 8.33. The number of benzene rings is 2. The minimum Gasteiger partial charge on any atom is -0.483 e. The molecule has 1 aromatic heterocycles. The molecule has 0 aliphatic heterocycles. The van der Waals surface area contributed by atoms with Crippen molar-refractivity contribution in [2.45, 2.75) is 64.8 Å². The molecular formula is C25H32N4O2S. The Labute approximate surface area is 194 Å². The number of para-hydroxylation sites is 1. The van der Waals surface area contributed by atoms with E-state index in [9.17, 15) is 4.79 Å². The van der Waals surface area contributed by atoms with Crippen LogP contribution in [0.4, 0.5) is 5.69 Å². The molecule has 0 bridgehead atoms. The van der Waals surface area contributed by atoms with E-state index in [1.807, 2.05) is 54.8 Å². The summed E-state index contributed by atoms with van der Waals surface area (Å²) in [5.74, 6) is 2.24. The Balaban J connectivity index is 1.63. The van der Waals surface area contributed by atoms with Crippen molar-refractivity contribution in [1.29, 1.82) is 0 Å². The molecule has 3 aromatic rings. The molecule has 0 aliphatic carbocycles. The maximum Gasteiger partial charge on any atom is 0.234 e. The quantitative estimate of drug-likeness (QED) is 0.391. The second-order valence-electron chi connectivity index (χ2n) is 7.92. The largest absolute Gasteiger partial charge is 0.483 e. The molecule has 0 radical (unpaired) electrons. The van der Waals surface area contributed by atoms with Gasteiger partial charge in [-0.15, -0.1) is 10.2 Å². The molecule has 0 spiro atoms. The molecule has 7 heteroatoms. The maximum atomic E-state index is 12.5. The van der Waals surface area contributed by atoms with Gasteiger partial charge in [0.25, 0.3) is 0 Å². The zero-order valence-corrected chi connectivity index (χ0v) is 20.3. The van der Waals surface area contributed by atoms with Crippen LogP contribution in [0.25, 0.3) is 0 Å². The molecule has 1 amide bonds. The average Bonchev–Trinajstić information content (AvgIpc) is 3.21. The molecule has 32 heavy (non-hydrogen) atoms. The lowest BCUT2D eigenvalue weighted by Gasteiger charge is -2.16. The molecule has 2 aromatic carbocycles. The van der Waals surface area contributed by atoms with Crippen molar-refractivity contribution in [3.63, 3.8) is 0 Å². The van der Waals surface area contributed by atoms with E-state index in [-0.39, 0.29) is 17.8 Å². The van der Waals surface area contributed by atoms with Crippen LogP contribution in [0.15, 0.2) is 53.7 Å². The molecule has 0 saturated carbocycles. The number of thioether (sulfide) groups is 1. The molecule has 170 valence electrons. The van der Waals surface area contributed by atoms with Gasteiger partial charge in [0.1, 0.15) is 5.75 Å². The van der Waals surface area contributed by atoms with Crippen molar-refractivity contribution < 1.29 is 9.53 Å². The first-order valence-corrected chi connectivity index (χ1v) is 12.1. The number of hydrogen-bond acceptors (Lipinski definition) is 5. The van der Waals surface area contributed by atoms with Gasteiger partial charge < -0.3 is 14.6 Å². The minimum absolute atomic E-state index is 0.0577. The molecule has 1 unspecified atom stereocenters. The normalized spacial score (nSPS) is 12.1. The van der Waals surface area contributed by atoms with E-state index in [1.165, 1.54) is 17.3 Å². The molecule has 0 fully saturated rings. The van der Waals surface area contributed by atoms with Gasteiger partial charge in [-0.2, -0.15) is 0 Å². The van der Waals surface area contributed by atoms with Gasteiger partial charge in [-0.25, -0.2) is 0 Å². The van der Waals surface area contributed by atoms with Gasteiger partial charge >= 0.3 is 0 Å². The third kappa shape index (κ3) is 5.91. The Morgan fingerprint density at radius 1 is 1.06 bits per heavy atom. The van der Waals surface area contributed by atoms with Gasteiger partial charge in [0.2, 0.25) is 5.91 Å². The standard InChI is InChI=1S/C25H32N4O2S/c1-6-19-10-8-9-11-22(19)26-23(30)16-32-25-28-27-24(29(25)7-2)18(5)31-21-14-12-20(13-15-21)17(3)4/h8-15,17-18H,6-7,16H2,1-5H3,(H,26,30). The number of nitrogens with zero attached hydrogens (tertiary/aromatic N) is 3. The smallest absolute Gasteiger partial charge is 0.234 e. The van der Waals surface area contributed by atoms with Crippen molar-refractivity contribution in [3.05, 3.63) is 65.5 Å². The number of ether oxygens (including phenoxy) is 1. The van der Waals surface area contributed by atoms with E-state index in [2.05, 4.69) is 48.4 Å². The van der Waals surface area contributed by atoms with Crippen molar-refractivity contribution in [2.75, 3.05) is 11.1 Å². The molecule has 1 heterocycles. The van der Waals surface area contributed by atoms with Crippen molar-refractivity contribution in [2.24, 2.45) is 0 Å². The number of rotatable bonds is 10. The molecule has 1 N–H and O–H groups in total. The lowest BCUT2D eigenvalue weighted by Crippen LogP contribution is -2.16. The summed E-state index contributed by atoms with van der Waals surface area (Å²) in [6.07, 6.45) is 0.613. The number of nitrogens with one attached hydrogen (secondary N) is 1. The molecule has 1 atom stereocenters. The second kappa shape index (κ2) is 11.2. The Morgan fingerprint density at radius 2 is 1.78 bits per heavy atom. The second-order valence-corrected chi connectivity index (χ2v) is 8.86. The van der Waals surface area contributed by atoms with Crippen LogP contribution in [-0.4, -0.2) is 26.4 Å².